The van der Waals surface area contributed by atoms with Gasteiger partial charge >= 0.3 is 5.97 Å². The molecule has 0 aliphatic heterocycles. The largest absolute Gasteiger partial charge is 0.478 e. The fraction of sp³-hybridized carbons (Fsp3) is 0.200. The number of carboxylic acids is 1. The third-order valence-corrected chi connectivity index (χ3v) is 3.08. The molecular formula is C10H8BrClO3. The first-order chi connectivity index (χ1) is 7.06. The Balaban J connectivity index is 3.04. The Morgan fingerprint density at radius 3 is 2.60 bits per heavy atom. The van der Waals surface area contributed by atoms with Crippen LogP contribution in [0, 0.1) is 0 Å². The molecule has 0 unspecified atom stereocenters. The summed E-state index contributed by atoms with van der Waals surface area (Å²) in [5, 5.41) is 8.84. The molecule has 0 amide bonds. The summed E-state index contributed by atoms with van der Waals surface area (Å²) in [6.45, 7) is 0. The molecule has 0 radical (unpaired) electrons. The van der Waals surface area contributed by atoms with E-state index in [1.54, 1.807) is 12.1 Å². The topological polar surface area (TPSA) is 54.4 Å². The van der Waals surface area contributed by atoms with Crippen molar-refractivity contribution in [3.63, 3.8) is 0 Å². The highest BCUT2D eigenvalue weighted by atomic mass is 79.9. The third-order valence-electron chi connectivity index (χ3n) is 1.85. The van der Waals surface area contributed by atoms with Crippen LogP contribution in [0.5, 0.6) is 0 Å². The molecule has 0 saturated carbocycles. The molecule has 0 atom stereocenters. The minimum absolute atomic E-state index is 0.0657. The summed E-state index contributed by atoms with van der Waals surface area (Å²) < 4.78 is 0.441. The summed E-state index contributed by atoms with van der Waals surface area (Å²) in [5.41, 5.74) is 0.787. The maximum Gasteiger partial charge on any atom is 0.336 e. The molecule has 1 aromatic carbocycles. The first-order valence-electron chi connectivity index (χ1n) is 4.14. The molecule has 1 aromatic rings. The summed E-state index contributed by atoms with van der Waals surface area (Å²) in [6.07, 6.45) is 0.144. The van der Waals surface area contributed by atoms with Crippen molar-refractivity contribution in [2.24, 2.45) is 0 Å². The fourth-order valence-electron chi connectivity index (χ4n) is 1.14. The van der Waals surface area contributed by atoms with E-state index in [4.69, 9.17) is 16.7 Å². The minimum atomic E-state index is -1.03. The summed E-state index contributed by atoms with van der Waals surface area (Å²) in [4.78, 5) is 21.9. The summed E-state index contributed by atoms with van der Waals surface area (Å²) in [6, 6.07) is 4.77. The van der Waals surface area contributed by atoms with E-state index in [0.717, 1.165) is 0 Å². The number of hydrogen-bond acceptors (Lipinski definition) is 2. The molecule has 0 spiro atoms. The van der Waals surface area contributed by atoms with E-state index in [9.17, 15) is 9.59 Å². The summed E-state index contributed by atoms with van der Waals surface area (Å²) in [7, 11) is 0. The van der Waals surface area contributed by atoms with Gasteiger partial charge in [0.1, 0.15) is 0 Å². The number of aromatic carboxylic acids is 1. The zero-order valence-electron chi connectivity index (χ0n) is 7.67. The predicted octanol–water partition coefficient (Wildman–Crippen LogP) is 2.50. The Bertz CT molecular complexity index is 404. The van der Waals surface area contributed by atoms with Crippen LogP contribution in [0.1, 0.15) is 15.9 Å². The number of benzene rings is 1. The second kappa shape index (κ2) is 5.28. The van der Waals surface area contributed by atoms with E-state index in [2.05, 4.69) is 15.9 Å². The molecule has 0 fully saturated rings. The molecule has 0 bridgehead atoms. The molecule has 0 saturated heterocycles. The average molecular weight is 292 g/mol. The lowest BCUT2D eigenvalue weighted by molar-refractivity contribution is -0.116. The van der Waals surface area contributed by atoms with Crippen LogP contribution < -0.4 is 0 Å². The summed E-state index contributed by atoms with van der Waals surface area (Å²) >= 11 is 8.54. The smallest absolute Gasteiger partial charge is 0.336 e. The lowest BCUT2D eigenvalue weighted by Crippen LogP contribution is -2.07. The standard InChI is InChI=1S/C10H8BrClO3/c11-9-6(4-7(13)5-12)2-1-3-8(9)10(14)15/h1-3H,4-5H2,(H,14,15). The minimum Gasteiger partial charge on any atom is -0.478 e. The Kier molecular flexibility index (Phi) is 4.29. The van der Waals surface area contributed by atoms with Crippen LogP contribution in [0.2, 0.25) is 0 Å². The van der Waals surface area contributed by atoms with E-state index < -0.39 is 5.97 Å². The Hall–Kier alpha value is -0.870. The fourth-order valence-corrected chi connectivity index (χ4v) is 1.81. The van der Waals surface area contributed by atoms with Crippen molar-refractivity contribution in [2.75, 3.05) is 5.88 Å². The first kappa shape index (κ1) is 12.2. The molecule has 3 nitrogen and oxygen atoms in total. The maximum atomic E-state index is 11.1. The van der Waals surface area contributed by atoms with Crippen molar-refractivity contribution in [1.29, 1.82) is 0 Å². The second-order valence-electron chi connectivity index (χ2n) is 2.93. The number of carbonyl (C=O) groups is 2. The molecule has 80 valence electrons. The molecule has 5 heteroatoms. The number of carboxylic acid groups (broad SMARTS) is 1. The van der Waals surface area contributed by atoms with Gasteiger partial charge in [-0.25, -0.2) is 4.79 Å². The van der Waals surface area contributed by atoms with Gasteiger partial charge in [-0.05, 0) is 27.6 Å². The lowest BCUT2D eigenvalue weighted by Gasteiger charge is -2.05. The van der Waals surface area contributed by atoms with Crippen molar-refractivity contribution in [1.82, 2.24) is 0 Å². The molecule has 1 rings (SSSR count). The van der Waals surface area contributed by atoms with Crippen molar-refractivity contribution >= 4 is 39.3 Å². The number of hydrogen-bond donors (Lipinski definition) is 1. The highest BCUT2D eigenvalue weighted by Crippen LogP contribution is 2.22. The van der Waals surface area contributed by atoms with Crippen LogP contribution in [0.3, 0.4) is 0 Å². The van der Waals surface area contributed by atoms with Gasteiger partial charge in [0.15, 0.2) is 5.78 Å². The molecule has 15 heavy (non-hydrogen) atoms. The van der Waals surface area contributed by atoms with Crippen LogP contribution in [0.25, 0.3) is 0 Å². The van der Waals surface area contributed by atoms with Gasteiger partial charge < -0.3 is 5.11 Å². The summed E-state index contributed by atoms with van der Waals surface area (Å²) in [5.74, 6) is -1.23. The molecule has 1 N–H and O–H groups in total. The van der Waals surface area contributed by atoms with Crippen molar-refractivity contribution < 1.29 is 14.7 Å². The lowest BCUT2D eigenvalue weighted by atomic mass is 10.1. The number of carbonyl (C=O) groups excluding carboxylic acids is 1. The van der Waals surface area contributed by atoms with Gasteiger partial charge in [0.2, 0.25) is 0 Å². The number of alkyl halides is 1. The first-order valence-corrected chi connectivity index (χ1v) is 5.47. The molecule has 0 aliphatic rings. The van der Waals surface area contributed by atoms with E-state index in [1.807, 2.05) is 0 Å². The van der Waals surface area contributed by atoms with Gasteiger partial charge in [-0.3, -0.25) is 4.79 Å². The van der Waals surface area contributed by atoms with Gasteiger partial charge in [0.25, 0.3) is 0 Å². The van der Waals surface area contributed by atoms with Crippen LogP contribution in [0.15, 0.2) is 22.7 Å². The van der Waals surface area contributed by atoms with Gasteiger partial charge in [0, 0.05) is 10.9 Å². The maximum absolute atomic E-state index is 11.1. The zero-order chi connectivity index (χ0) is 11.4. The SMILES string of the molecule is O=C(CCl)Cc1cccc(C(=O)O)c1Br. The second-order valence-corrected chi connectivity index (χ2v) is 3.99. The molecule has 0 aromatic heterocycles. The number of rotatable bonds is 4. The van der Waals surface area contributed by atoms with E-state index in [0.29, 0.717) is 10.0 Å². The Morgan fingerprint density at radius 2 is 2.07 bits per heavy atom. The van der Waals surface area contributed by atoms with Crippen molar-refractivity contribution in [2.45, 2.75) is 6.42 Å². The average Bonchev–Trinajstić information content (AvgIpc) is 2.20. The van der Waals surface area contributed by atoms with Crippen LogP contribution in [-0.4, -0.2) is 22.7 Å². The van der Waals surface area contributed by atoms with E-state index in [1.165, 1.54) is 6.07 Å². The van der Waals surface area contributed by atoms with Gasteiger partial charge in [0.05, 0.1) is 11.4 Å². The van der Waals surface area contributed by atoms with Crippen LogP contribution in [-0.2, 0) is 11.2 Å². The van der Waals surface area contributed by atoms with Gasteiger partial charge in [-0.1, -0.05) is 12.1 Å². The highest BCUT2D eigenvalue weighted by Gasteiger charge is 2.13. The molecular weight excluding hydrogens is 283 g/mol. The number of ketones is 1. The highest BCUT2D eigenvalue weighted by molar-refractivity contribution is 9.10. The van der Waals surface area contributed by atoms with Gasteiger partial charge in [-0.2, -0.15) is 0 Å². The Labute approximate surface area is 100 Å². The predicted molar refractivity (Wildman–Crippen MR) is 60.5 cm³/mol. The van der Waals surface area contributed by atoms with E-state index >= 15 is 0 Å². The third kappa shape index (κ3) is 3.04. The Morgan fingerprint density at radius 1 is 1.40 bits per heavy atom. The molecule has 0 heterocycles. The normalized spacial score (nSPS) is 10.0. The van der Waals surface area contributed by atoms with Crippen LogP contribution in [0.4, 0.5) is 0 Å². The van der Waals surface area contributed by atoms with E-state index in [-0.39, 0.29) is 23.6 Å². The van der Waals surface area contributed by atoms with Crippen molar-refractivity contribution in [3.8, 4) is 0 Å². The molecule has 0 aliphatic carbocycles. The van der Waals surface area contributed by atoms with Crippen LogP contribution >= 0.6 is 27.5 Å². The quantitative estimate of drug-likeness (QED) is 0.867. The van der Waals surface area contributed by atoms with Gasteiger partial charge in [-0.15, -0.1) is 11.6 Å². The van der Waals surface area contributed by atoms with Crippen molar-refractivity contribution in [3.05, 3.63) is 33.8 Å². The number of Topliss-reactive ketones (excluding diaryl/α,β-unsaturated/α-hetero) is 1. The monoisotopic (exact) mass is 290 g/mol. The number of halogens is 2. The zero-order valence-corrected chi connectivity index (χ0v) is 10.0.